The molecule has 106 valence electrons. The first-order valence-corrected chi connectivity index (χ1v) is 5.21. The highest BCUT2D eigenvalue weighted by Crippen LogP contribution is 2.39. The number of alkyl halides is 6. The molecule has 0 bridgehead atoms. The van der Waals surface area contributed by atoms with Gasteiger partial charge in [0, 0.05) is 0 Å². The van der Waals surface area contributed by atoms with Crippen LogP contribution in [0.25, 0.3) is 0 Å². The van der Waals surface area contributed by atoms with Crippen LogP contribution in [0.4, 0.5) is 26.3 Å². The summed E-state index contributed by atoms with van der Waals surface area (Å²) in [5.74, 6) is -6.30. The van der Waals surface area contributed by atoms with E-state index >= 15 is 0 Å². The quantitative estimate of drug-likeness (QED) is 0.637. The molecular weight excluding hydrogens is 268 g/mol. The Balaban J connectivity index is 2.60. The van der Waals surface area contributed by atoms with Crippen molar-refractivity contribution in [2.45, 2.75) is 44.1 Å². The largest absolute Gasteiger partial charge is 0.409 e. The molecule has 0 aromatic carbocycles. The van der Waals surface area contributed by atoms with Gasteiger partial charge in [-0.25, -0.2) is 5.48 Å². The lowest BCUT2D eigenvalue weighted by atomic mass is 10.1. The van der Waals surface area contributed by atoms with E-state index in [9.17, 15) is 31.1 Å². The SMILES string of the molecule is O=C(NOC1CCCC1)C(C(F)(F)F)C(F)(F)F. The second-order valence-electron chi connectivity index (χ2n) is 4.01. The molecule has 0 aromatic heterocycles. The molecule has 1 aliphatic rings. The standard InChI is InChI=1S/C9H11F6NO2/c10-8(11,12)6(9(13,14)15)7(17)16-18-5-3-1-2-4-5/h5-6H,1-4H2,(H,16,17). The zero-order chi connectivity index (χ0) is 14.0. The van der Waals surface area contributed by atoms with Gasteiger partial charge in [-0.05, 0) is 12.8 Å². The van der Waals surface area contributed by atoms with E-state index in [0.717, 1.165) is 12.8 Å². The first-order chi connectivity index (χ1) is 8.12. The number of hydrogen-bond donors (Lipinski definition) is 1. The number of nitrogens with one attached hydrogen (secondary N) is 1. The summed E-state index contributed by atoms with van der Waals surface area (Å²) in [5.41, 5.74) is 1.26. The Kier molecular flexibility index (Phi) is 4.46. The highest BCUT2D eigenvalue weighted by atomic mass is 19.4. The topological polar surface area (TPSA) is 38.3 Å². The summed E-state index contributed by atoms with van der Waals surface area (Å²) in [7, 11) is 0. The molecule has 3 nitrogen and oxygen atoms in total. The number of hydroxylamine groups is 1. The molecule has 1 N–H and O–H groups in total. The third kappa shape index (κ3) is 4.04. The maximum absolute atomic E-state index is 12.1. The average molecular weight is 279 g/mol. The van der Waals surface area contributed by atoms with Gasteiger partial charge < -0.3 is 0 Å². The fourth-order valence-corrected chi connectivity index (χ4v) is 1.69. The van der Waals surface area contributed by atoms with Crippen molar-refractivity contribution in [3.8, 4) is 0 Å². The maximum atomic E-state index is 12.1. The molecule has 0 saturated heterocycles. The van der Waals surface area contributed by atoms with Crippen molar-refractivity contribution >= 4 is 5.91 Å². The zero-order valence-electron chi connectivity index (χ0n) is 9.07. The zero-order valence-corrected chi connectivity index (χ0v) is 9.07. The van der Waals surface area contributed by atoms with Gasteiger partial charge in [-0.2, -0.15) is 26.3 Å². The van der Waals surface area contributed by atoms with Crippen molar-refractivity contribution in [3.63, 3.8) is 0 Å². The molecule has 1 fully saturated rings. The molecule has 18 heavy (non-hydrogen) atoms. The average Bonchev–Trinajstić information content (AvgIpc) is 2.61. The van der Waals surface area contributed by atoms with Crippen molar-refractivity contribution in [1.29, 1.82) is 0 Å². The van der Waals surface area contributed by atoms with Gasteiger partial charge in [0.05, 0.1) is 6.10 Å². The number of carbonyl (C=O) groups is 1. The highest BCUT2D eigenvalue weighted by Gasteiger charge is 2.61. The maximum Gasteiger partial charge on any atom is 0.409 e. The van der Waals surface area contributed by atoms with Crippen molar-refractivity contribution in [3.05, 3.63) is 0 Å². The molecular formula is C9H11F6NO2. The van der Waals surface area contributed by atoms with Crippen LogP contribution >= 0.6 is 0 Å². The van der Waals surface area contributed by atoms with Crippen molar-refractivity contribution in [1.82, 2.24) is 5.48 Å². The Bertz CT molecular complexity index is 280. The van der Waals surface area contributed by atoms with Gasteiger partial charge in [0.1, 0.15) is 0 Å². The predicted octanol–water partition coefficient (Wildman–Crippen LogP) is 2.72. The van der Waals surface area contributed by atoms with Gasteiger partial charge in [0.2, 0.25) is 5.92 Å². The van der Waals surface area contributed by atoms with Crippen molar-refractivity contribution in [2.24, 2.45) is 5.92 Å². The van der Waals surface area contributed by atoms with Crippen molar-refractivity contribution in [2.75, 3.05) is 0 Å². The van der Waals surface area contributed by atoms with Gasteiger partial charge in [-0.1, -0.05) is 12.8 Å². The summed E-state index contributed by atoms with van der Waals surface area (Å²) in [6, 6.07) is 0. The second-order valence-corrected chi connectivity index (χ2v) is 4.01. The molecule has 0 spiro atoms. The Morgan fingerprint density at radius 1 is 1.06 bits per heavy atom. The molecule has 1 amide bonds. The lowest BCUT2D eigenvalue weighted by Crippen LogP contribution is -2.48. The number of amides is 1. The van der Waals surface area contributed by atoms with E-state index in [1.54, 1.807) is 0 Å². The predicted molar refractivity (Wildman–Crippen MR) is 47.1 cm³/mol. The number of hydrogen-bond acceptors (Lipinski definition) is 2. The van der Waals surface area contributed by atoms with Gasteiger partial charge in [-0.3, -0.25) is 9.63 Å². The van der Waals surface area contributed by atoms with Crippen molar-refractivity contribution < 1.29 is 36.0 Å². The summed E-state index contributed by atoms with van der Waals surface area (Å²) < 4.78 is 72.8. The summed E-state index contributed by atoms with van der Waals surface area (Å²) >= 11 is 0. The molecule has 0 unspecified atom stereocenters. The fourth-order valence-electron chi connectivity index (χ4n) is 1.69. The van der Waals surface area contributed by atoms with Crippen LogP contribution in [0.5, 0.6) is 0 Å². The number of rotatable bonds is 3. The highest BCUT2D eigenvalue weighted by molar-refractivity contribution is 5.79. The Labute approximate surface area is 98.4 Å². The van der Waals surface area contributed by atoms with Gasteiger partial charge >= 0.3 is 12.4 Å². The first-order valence-electron chi connectivity index (χ1n) is 5.21. The Hall–Kier alpha value is -0.990. The second kappa shape index (κ2) is 5.33. The molecule has 0 heterocycles. The van der Waals surface area contributed by atoms with Crippen LogP contribution in [-0.4, -0.2) is 24.4 Å². The van der Waals surface area contributed by atoms with Gasteiger partial charge in [-0.15, -0.1) is 0 Å². The van der Waals surface area contributed by atoms with E-state index in [1.165, 1.54) is 5.48 Å². The molecule has 0 aliphatic heterocycles. The lowest BCUT2D eigenvalue weighted by Gasteiger charge is -2.22. The molecule has 0 atom stereocenters. The molecule has 1 rings (SSSR count). The normalized spacial score (nSPS) is 18.4. The molecule has 9 heteroatoms. The van der Waals surface area contributed by atoms with Crippen LogP contribution in [0.15, 0.2) is 0 Å². The molecule has 0 radical (unpaired) electrons. The summed E-state index contributed by atoms with van der Waals surface area (Å²) in [4.78, 5) is 15.5. The van der Waals surface area contributed by atoms with Crippen LogP contribution in [-0.2, 0) is 9.63 Å². The van der Waals surface area contributed by atoms with Crippen LogP contribution in [0, 0.1) is 5.92 Å². The molecule has 0 aromatic rings. The van der Waals surface area contributed by atoms with Gasteiger partial charge in [0.15, 0.2) is 0 Å². The summed E-state index contributed by atoms with van der Waals surface area (Å²) in [5, 5.41) is 0. The summed E-state index contributed by atoms with van der Waals surface area (Å²) in [6.45, 7) is 0. The third-order valence-electron chi connectivity index (χ3n) is 2.55. The fraction of sp³-hybridized carbons (Fsp3) is 0.889. The first kappa shape index (κ1) is 15.1. The van der Waals surface area contributed by atoms with Crippen LogP contribution in [0.2, 0.25) is 0 Å². The molecule has 1 saturated carbocycles. The minimum Gasteiger partial charge on any atom is -0.272 e. The Morgan fingerprint density at radius 3 is 1.89 bits per heavy atom. The third-order valence-corrected chi connectivity index (χ3v) is 2.55. The van der Waals surface area contributed by atoms with E-state index in [0.29, 0.717) is 12.8 Å². The number of carbonyl (C=O) groups excluding carboxylic acids is 1. The van der Waals surface area contributed by atoms with Crippen LogP contribution in [0.1, 0.15) is 25.7 Å². The lowest BCUT2D eigenvalue weighted by molar-refractivity contribution is -0.277. The van der Waals surface area contributed by atoms with E-state index in [1.807, 2.05) is 0 Å². The monoisotopic (exact) mass is 279 g/mol. The summed E-state index contributed by atoms with van der Waals surface area (Å²) in [6.07, 6.45) is -9.37. The van der Waals surface area contributed by atoms with E-state index in [2.05, 4.69) is 4.84 Å². The minimum absolute atomic E-state index is 0.503. The Morgan fingerprint density at radius 2 is 1.50 bits per heavy atom. The molecule has 1 aliphatic carbocycles. The number of halogens is 6. The van der Waals surface area contributed by atoms with E-state index < -0.39 is 30.3 Å². The van der Waals surface area contributed by atoms with Crippen LogP contribution < -0.4 is 5.48 Å². The van der Waals surface area contributed by atoms with E-state index in [4.69, 9.17) is 0 Å². The minimum atomic E-state index is -5.69. The van der Waals surface area contributed by atoms with Crippen LogP contribution in [0.3, 0.4) is 0 Å². The smallest absolute Gasteiger partial charge is 0.272 e. The van der Waals surface area contributed by atoms with E-state index in [-0.39, 0.29) is 0 Å². The van der Waals surface area contributed by atoms with Gasteiger partial charge in [0.25, 0.3) is 5.91 Å².